The highest BCUT2D eigenvalue weighted by Gasteiger charge is 2.29. The third-order valence-electron chi connectivity index (χ3n) is 3.83. The van der Waals surface area contributed by atoms with Crippen molar-refractivity contribution in [3.63, 3.8) is 0 Å². The Bertz CT molecular complexity index is 962. The molecule has 3 rings (SSSR count). The lowest BCUT2D eigenvalue weighted by atomic mass is 10.2. The first-order valence-corrected chi connectivity index (χ1v) is 10.0. The molecule has 2 heterocycles. The van der Waals surface area contributed by atoms with E-state index in [0.29, 0.717) is 40.3 Å². The summed E-state index contributed by atoms with van der Waals surface area (Å²) in [5, 5.41) is 0.800. The van der Waals surface area contributed by atoms with Crippen LogP contribution in [-0.2, 0) is 10.2 Å². The van der Waals surface area contributed by atoms with Crippen molar-refractivity contribution in [2.24, 2.45) is 0 Å². The summed E-state index contributed by atoms with van der Waals surface area (Å²) in [5.41, 5.74) is 1.58. The number of rotatable bonds is 5. The molecule has 0 aliphatic heterocycles. The lowest BCUT2D eigenvalue weighted by Crippen LogP contribution is -2.25. The predicted octanol–water partition coefficient (Wildman–Crippen LogP) is 5.75. The molecule has 0 saturated carbocycles. The summed E-state index contributed by atoms with van der Waals surface area (Å²) in [6.07, 6.45) is 2.45. The number of halogens is 5. The first-order valence-electron chi connectivity index (χ1n) is 8.14. The molecule has 0 unspecified atom stereocenters. The first kappa shape index (κ1) is 21.3. The van der Waals surface area contributed by atoms with Crippen LogP contribution in [0.15, 0.2) is 42.6 Å². The van der Waals surface area contributed by atoms with E-state index in [1.54, 1.807) is 24.4 Å². The number of likely N-dealkylation sites (N-methyl/N-ethyl adjacent to an activating group) is 1. The molecule has 0 radical (unpaired) electrons. The second-order valence-electron chi connectivity index (χ2n) is 5.90. The normalized spacial score (nSPS) is 11.5. The molecule has 0 fully saturated rings. The van der Waals surface area contributed by atoms with Crippen LogP contribution in [0, 0.1) is 0 Å². The summed E-state index contributed by atoms with van der Waals surface area (Å²) in [4.78, 5) is 19.3. The van der Waals surface area contributed by atoms with Crippen LogP contribution in [0.3, 0.4) is 0 Å². The first-order chi connectivity index (χ1) is 13.2. The van der Waals surface area contributed by atoms with Crippen molar-refractivity contribution >= 4 is 64.0 Å². The van der Waals surface area contributed by atoms with Crippen LogP contribution in [0.5, 0.6) is 0 Å². The van der Waals surface area contributed by atoms with Crippen LogP contribution in [0.25, 0.3) is 11.4 Å². The zero-order valence-electron chi connectivity index (χ0n) is 14.6. The highest BCUT2D eigenvalue weighted by molar-refractivity contribution is 6.66. The molecular formula is C18H14Cl5N5. The van der Waals surface area contributed by atoms with Crippen LogP contribution < -0.4 is 4.90 Å². The second kappa shape index (κ2) is 8.97. The number of nitrogens with zero attached hydrogens (tertiary/aromatic N) is 5. The minimum Gasteiger partial charge on any atom is -0.343 e. The van der Waals surface area contributed by atoms with Gasteiger partial charge in [-0.2, -0.15) is 9.97 Å². The van der Waals surface area contributed by atoms with E-state index in [2.05, 4.69) is 19.9 Å². The van der Waals surface area contributed by atoms with Crippen molar-refractivity contribution in [2.75, 3.05) is 18.5 Å². The van der Waals surface area contributed by atoms with E-state index in [4.69, 9.17) is 58.0 Å². The largest absolute Gasteiger partial charge is 0.343 e. The van der Waals surface area contributed by atoms with Crippen LogP contribution in [0.1, 0.15) is 11.5 Å². The molecule has 0 spiro atoms. The molecule has 0 aliphatic carbocycles. The average Bonchev–Trinajstić information content (AvgIpc) is 2.68. The van der Waals surface area contributed by atoms with Crippen molar-refractivity contribution in [3.05, 3.63) is 64.2 Å². The van der Waals surface area contributed by atoms with Gasteiger partial charge in [0.1, 0.15) is 0 Å². The van der Waals surface area contributed by atoms with E-state index in [0.717, 1.165) is 5.69 Å². The molecular weight excluding hydrogens is 463 g/mol. The van der Waals surface area contributed by atoms with Gasteiger partial charge in [-0.3, -0.25) is 4.98 Å². The minimum atomic E-state index is -1.80. The lowest BCUT2D eigenvalue weighted by Gasteiger charge is -2.19. The minimum absolute atomic E-state index is 0.0215. The molecule has 146 valence electrons. The van der Waals surface area contributed by atoms with Gasteiger partial charge in [-0.1, -0.05) is 64.1 Å². The predicted molar refractivity (Wildman–Crippen MR) is 116 cm³/mol. The zero-order valence-corrected chi connectivity index (χ0v) is 18.4. The van der Waals surface area contributed by atoms with Crippen LogP contribution in [0.4, 0.5) is 5.95 Å². The summed E-state index contributed by atoms with van der Waals surface area (Å²) < 4.78 is -1.80. The van der Waals surface area contributed by atoms with E-state index in [9.17, 15) is 0 Å². The van der Waals surface area contributed by atoms with Crippen molar-refractivity contribution in [2.45, 2.75) is 10.2 Å². The van der Waals surface area contributed by atoms with Gasteiger partial charge in [0.15, 0.2) is 11.6 Å². The van der Waals surface area contributed by atoms with Gasteiger partial charge in [0.2, 0.25) is 9.74 Å². The summed E-state index contributed by atoms with van der Waals surface area (Å²) in [6.45, 7) is 0.612. The van der Waals surface area contributed by atoms with Gasteiger partial charge in [-0.15, -0.1) is 0 Å². The Labute approximate surface area is 187 Å². The highest BCUT2D eigenvalue weighted by Crippen LogP contribution is 2.37. The van der Waals surface area contributed by atoms with Crippen molar-refractivity contribution < 1.29 is 0 Å². The van der Waals surface area contributed by atoms with Gasteiger partial charge in [0.05, 0.1) is 10.0 Å². The van der Waals surface area contributed by atoms with Gasteiger partial charge in [-0.25, -0.2) is 4.98 Å². The third-order valence-corrected chi connectivity index (χ3v) is 5.07. The van der Waals surface area contributed by atoms with E-state index in [1.807, 2.05) is 30.1 Å². The maximum absolute atomic E-state index is 6.11. The molecule has 5 nitrogen and oxygen atoms in total. The van der Waals surface area contributed by atoms with Crippen molar-refractivity contribution in [3.8, 4) is 11.4 Å². The Hall–Kier alpha value is -1.37. The van der Waals surface area contributed by atoms with Gasteiger partial charge < -0.3 is 4.90 Å². The second-order valence-corrected chi connectivity index (χ2v) is 9.00. The molecule has 28 heavy (non-hydrogen) atoms. The molecule has 10 heteroatoms. The topological polar surface area (TPSA) is 54.8 Å². The Balaban J connectivity index is 1.94. The fraction of sp³-hybridized carbons (Fsp3) is 0.222. The van der Waals surface area contributed by atoms with E-state index in [-0.39, 0.29) is 5.82 Å². The molecule has 1 aromatic carbocycles. The molecule has 0 N–H and O–H groups in total. The number of hydrogen-bond donors (Lipinski definition) is 0. The molecule has 0 amide bonds. The van der Waals surface area contributed by atoms with E-state index >= 15 is 0 Å². The number of aromatic nitrogens is 4. The fourth-order valence-electron chi connectivity index (χ4n) is 2.35. The quantitative estimate of drug-likeness (QED) is 0.438. The third kappa shape index (κ3) is 5.37. The Kier molecular flexibility index (Phi) is 6.84. The van der Waals surface area contributed by atoms with Crippen molar-refractivity contribution in [1.29, 1.82) is 0 Å². The summed E-state index contributed by atoms with van der Waals surface area (Å²) in [6, 6.07) is 10.8. The van der Waals surface area contributed by atoms with Crippen LogP contribution >= 0.6 is 58.0 Å². The summed E-state index contributed by atoms with van der Waals surface area (Å²) in [7, 11) is 1.85. The monoisotopic (exact) mass is 475 g/mol. The maximum atomic E-state index is 6.11. The van der Waals surface area contributed by atoms with E-state index in [1.165, 1.54) is 0 Å². The molecule has 0 saturated heterocycles. The van der Waals surface area contributed by atoms with Crippen LogP contribution in [-0.4, -0.2) is 33.5 Å². The fourth-order valence-corrected chi connectivity index (χ4v) is 2.91. The SMILES string of the molecule is CN(CCc1ccccn1)c1nc(-c2ccc(Cl)c(Cl)c2)nc(C(Cl)(Cl)Cl)n1. The van der Waals surface area contributed by atoms with Gasteiger partial charge in [0, 0.05) is 37.5 Å². The Morgan fingerprint density at radius 1 is 0.964 bits per heavy atom. The standard InChI is InChI=1S/C18H14Cl5N5/c1-28(9-7-12-4-2-3-8-24-12)17-26-15(25-16(27-17)18(21,22)23)11-5-6-13(19)14(20)10-11/h2-6,8,10H,7,9H2,1H3. The molecule has 0 bridgehead atoms. The Morgan fingerprint density at radius 2 is 1.75 bits per heavy atom. The molecule has 0 aliphatic rings. The number of benzene rings is 1. The highest BCUT2D eigenvalue weighted by atomic mass is 35.6. The molecule has 2 aromatic heterocycles. The van der Waals surface area contributed by atoms with Crippen LogP contribution in [0.2, 0.25) is 10.0 Å². The maximum Gasteiger partial charge on any atom is 0.250 e. The zero-order chi connectivity index (χ0) is 20.3. The summed E-state index contributed by atoms with van der Waals surface area (Å²) in [5.74, 6) is 0.719. The number of pyridine rings is 1. The van der Waals surface area contributed by atoms with Gasteiger partial charge in [-0.05, 0) is 30.3 Å². The van der Waals surface area contributed by atoms with Gasteiger partial charge in [0.25, 0.3) is 0 Å². The average molecular weight is 478 g/mol. The number of anilines is 1. The lowest BCUT2D eigenvalue weighted by molar-refractivity contribution is 0.799. The van der Waals surface area contributed by atoms with Crippen molar-refractivity contribution in [1.82, 2.24) is 19.9 Å². The number of alkyl halides is 3. The molecule has 3 aromatic rings. The van der Waals surface area contributed by atoms with Gasteiger partial charge >= 0.3 is 0 Å². The molecule has 0 atom stereocenters. The van der Waals surface area contributed by atoms with E-state index < -0.39 is 3.79 Å². The Morgan fingerprint density at radius 3 is 2.39 bits per heavy atom. The summed E-state index contributed by atoms with van der Waals surface area (Å²) >= 11 is 30.2. The number of hydrogen-bond acceptors (Lipinski definition) is 5. The smallest absolute Gasteiger partial charge is 0.250 e.